The van der Waals surface area contributed by atoms with E-state index in [9.17, 15) is 22.8 Å². The number of fused-ring (bicyclic) bond motifs is 1. The van der Waals surface area contributed by atoms with E-state index < -0.39 is 23.6 Å². The third-order valence-electron chi connectivity index (χ3n) is 2.97. The van der Waals surface area contributed by atoms with E-state index in [0.29, 0.717) is 5.56 Å². The van der Waals surface area contributed by atoms with E-state index in [4.69, 9.17) is 5.73 Å². The Balaban J connectivity index is 2.31. The Morgan fingerprint density at radius 2 is 2.05 bits per heavy atom. The molecular weight excluding hydrogens is 259 g/mol. The van der Waals surface area contributed by atoms with Crippen LogP contribution in [-0.4, -0.2) is 11.7 Å². The summed E-state index contributed by atoms with van der Waals surface area (Å²) in [7, 11) is 0. The first-order valence-electron chi connectivity index (χ1n) is 5.51. The van der Waals surface area contributed by atoms with Gasteiger partial charge in [0.05, 0.1) is 5.56 Å². The van der Waals surface area contributed by atoms with E-state index in [-0.39, 0.29) is 17.8 Å². The molecule has 1 amide bonds. The summed E-state index contributed by atoms with van der Waals surface area (Å²) in [6, 6.07) is 3.04. The molecule has 0 aliphatic heterocycles. The normalized spacial score (nSPS) is 18.9. The minimum atomic E-state index is -4.43. The molecule has 0 heterocycles. The highest BCUT2D eigenvalue weighted by atomic mass is 19.4. The largest absolute Gasteiger partial charge is 0.416 e. The summed E-state index contributed by atoms with van der Waals surface area (Å²) in [4.78, 5) is 22.5. The third-order valence-corrected chi connectivity index (χ3v) is 2.97. The fourth-order valence-corrected chi connectivity index (χ4v) is 2.08. The van der Waals surface area contributed by atoms with Gasteiger partial charge in [0.2, 0.25) is 5.91 Å². The number of allylic oxidation sites excluding steroid dienone is 1. The standard InChI is InChI=1S/C13H10F3NO2/c14-13(15,16)9-2-3-10-8(6-9)5-7(12(10)19)1-4-11(17)18/h1-4,6-7H,5H2,(H2,17,18). The molecule has 1 aliphatic rings. The predicted octanol–water partition coefficient (Wildman–Crippen LogP) is 2.10. The van der Waals surface area contributed by atoms with Gasteiger partial charge in [-0.2, -0.15) is 13.2 Å². The van der Waals surface area contributed by atoms with E-state index in [2.05, 4.69) is 0 Å². The highest BCUT2D eigenvalue weighted by molar-refractivity contribution is 6.03. The van der Waals surface area contributed by atoms with Gasteiger partial charge in [0, 0.05) is 11.5 Å². The van der Waals surface area contributed by atoms with Gasteiger partial charge in [-0.25, -0.2) is 0 Å². The van der Waals surface area contributed by atoms with Crippen LogP contribution >= 0.6 is 0 Å². The monoisotopic (exact) mass is 269 g/mol. The van der Waals surface area contributed by atoms with Crippen molar-refractivity contribution in [2.24, 2.45) is 11.7 Å². The van der Waals surface area contributed by atoms with Gasteiger partial charge < -0.3 is 5.73 Å². The molecule has 0 bridgehead atoms. The smallest absolute Gasteiger partial charge is 0.366 e. The lowest BCUT2D eigenvalue weighted by atomic mass is 10.0. The SMILES string of the molecule is NC(=O)C=CC1Cc2cc(C(F)(F)F)ccc2C1=O. The van der Waals surface area contributed by atoms with Crippen LogP contribution in [-0.2, 0) is 17.4 Å². The zero-order chi connectivity index (χ0) is 14.2. The summed E-state index contributed by atoms with van der Waals surface area (Å²) in [5.74, 6) is -1.60. The van der Waals surface area contributed by atoms with E-state index in [1.807, 2.05) is 0 Å². The van der Waals surface area contributed by atoms with Crippen LogP contribution in [0, 0.1) is 5.92 Å². The summed E-state index contributed by atoms with van der Waals surface area (Å²) in [5.41, 5.74) is 4.75. The summed E-state index contributed by atoms with van der Waals surface area (Å²) < 4.78 is 37.6. The molecule has 100 valence electrons. The molecule has 0 fully saturated rings. The Labute approximate surface area is 106 Å². The highest BCUT2D eigenvalue weighted by Crippen LogP contribution is 2.34. The van der Waals surface area contributed by atoms with Gasteiger partial charge in [-0.15, -0.1) is 0 Å². The molecule has 1 aromatic carbocycles. The maximum Gasteiger partial charge on any atom is 0.416 e. The van der Waals surface area contributed by atoms with Crippen LogP contribution in [0.5, 0.6) is 0 Å². The Morgan fingerprint density at radius 3 is 2.63 bits per heavy atom. The molecule has 0 aromatic heterocycles. The predicted molar refractivity (Wildman–Crippen MR) is 61.3 cm³/mol. The van der Waals surface area contributed by atoms with Crippen molar-refractivity contribution >= 4 is 11.7 Å². The summed E-state index contributed by atoms with van der Waals surface area (Å²) >= 11 is 0. The van der Waals surface area contributed by atoms with Crippen molar-refractivity contribution in [1.29, 1.82) is 0 Å². The van der Waals surface area contributed by atoms with Gasteiger partial charge in [-0.05, 0) is 30.2 Å². The van der Waals surface area contributed by atoms with Crippen molar-refractivity contribution in [3.63, 3.8) is 0 Å². The summed E-state index contributed by atoms with van der Waals surface area (Å²) in [5, 5.41) is 0. The number of rotatable bonds is 2. The topological polar surface area (TPSA) is 60.2 Å². The lowest BCUT2D eigenvalue weighted by molar-refractivity contribution is -0.137. The molecule has 19 heavy (non-hydrogen) atoms. The molecule has 1 aliphatic carbocycles. The second-order valence-corrected chi connectivity index (χ2v) is 4.31. The number of halogens is 3. The molecular formula is C13H10F3NO2. The fraction of sp³-hybridized carbons (Fsp3) is 0.231. The first-order chi connectivity index (χ1) is 8.79. The molecule has 2 rings (SSSR count). The quantitative estimate of drug-likeness (QED) is 0.836. The molecule has 0 radical (unpaired) electrons. The number of ketones is 1. The second-order valence-electron chi connectivity index (χ2n) is 4.31. The Kier molecular flexibility index (Phi) is 3.18. The number of alkyl halides is 3. The molecule has 2 N–H and O–H groups in total. The van der Waals surface area contributed by atoms with Crippen LogP contribution in [0.4, 0.5) is 13.2 Å². The van der Waals surface area contributed by atoms with Crippen LogP contribution < -0.4 is 5.73 Å². The van der Waals surface area contributed by atoms with Crippen LogP contribution in [0.25, 0.3) is 0 Å². The van der Waals surface area contributed by atoms with Crippen molar-refractivity contribution in [2.45, 2.75) is 12.6 Å². The number of benzene rings is 1. The van der Waals surface area contributed by atoms with E-state index in [1.165, 1.54) is 12.1 Å². The number of Topliss-reactive ketones (excluding diaryl/α,β-unsaturated/α-hetero) is 1. The summed E-state index contributed by atoms with van der Waals surface area (Å²) in [6.07, 6.45) is -1.89. The van der Waals surface area contributed by atoms with Crippen molar-refractivity contribution < 1.29 is 22.8 Å². The molecule has 0 saturated heterocycles. The Bertz CT molecular complexity index is 576. The van der Waals surface area contributed by atoms with Crippen LogP contribution in [0.15, 0.2) is 30.4 Å². The average Bonchev–Trinajstić information content (AvgIpc) is 2.62. The molecule has 3 nitrogen and oxygen atoms in total. The molecule has 1 atom stereocenters. The zero-order valence-corrected chi connectivity index (χ0v) is 9.70. The average molecular weight is 269 g/mol. The van der Waals surface area contributed by atoms with Gasteiger partial charge in [-0.1, -0.05) is 12.1 Å². The molecule has 6 heteroatoms. The molecule has 0 saturated carbocycles. The first-order valence-corrected chi connectivity index (χ1v) is 5.51. The highest BCUT2D eigenvalue weighted by Gasteiger charge is 2.34. The Morgan fingerprint density at radius 1 is 1.37 bits per heavy atom. The third kappa shape index (κ3) is 2.67. The number of amides is 1. The van der Waals surface area contributed by atoms with Crippen molar-refractivity contribution in [3.05, 3.63) is 47.0 Å². The zero-order valence-electron chi connectivity index (χ0n) is 9.70. The minimum Gasteiger partial charge on any atom is -0.366 e. The fourth-order valence-electron chi connectivity index (χ4n) is 2.08. The van der Waals surface area contributed by atoms with Gasteiger partial charge in [-0.3, -0.25) is 9.59 Å². The number of hydrogen-bond acceptors (Lipinski definition) is 2. The van der Waals surface area contributed by atoms with Gasteiger partial charge in [0.1, 0.15) is 0 Å². The summed E-state index contributed by atoms with van der Waals surface area (Å²) in [6.45, 7) is 0. The van der Waals surface area contributed by atoms with E-state index in [0.717, 1.165) is 18.2 Å². The molecule has 1 aromatic rings. The number of hydrogen-bond donors (Lipinski definition) is 1. The maximum atomic E-state index is 12.5. The van der Waals surface area contributed by atoms with Gasteiger partial charge in [0.15, 0.2) is 5.78 Å². The second kappa shape index (κ2) is 4.53. The lowest BCUT2D eigenvalue weighted by Gasteiger charge is -2.07. The number of carbonyl (C=O) groups is 2. The lowest BCUT2D eigenvalue weighted by Crippen LogP contribution is -2.10. The minimum absolute atomic E-state index is 0.155. The van der Waals surface area contributed by atoms with Gasteiger partial charge in [0.25, 0.3) is 0 Å². The van der Waals surface area contributed by atoms with Crippen molar-refractivity contribution in [2.75, 3.05) is 0 Å². The van der Waals surface area contributed by atoms with Crippen LogP contribution in [0.1, 0.15) is 21.5 Å². The molecule has 1 unspecified atom stereocenters. The number of carbonyl (C=O) groups excluding carboxylic acids is 2. The van der Waals surface area contributed by atoms with Crippen molar-refractivity contribution in [1.82, 2.24) is 0 Å². The van der Waals surface area contributed by atoms with Gasteiger partial charge >= 0.3 is 6.18 Å². The van der Waals surface area contributed by atoms with Crippen molar-refractivity contribution in [3.8, 4) is 0 Å². The van der Waals surface area contributed by atoms with E-state index >= 15 is 0 Å². The number of nitrogens with two attached hydrogens (primary N) is 1. The Hall–Kier alpha value is -2.11. The maximum absolute atomic E-state index is 12.5. The molecule has 0 spiro atoms. The van der Waals surface area contributed by atoms with Crippen LogP contribution in [0.3, 0.4) is 0 Å². The first kappa shape index (κ1) is 13.3. The number of primary amides is 1. The van der Waals surface area contributed by atoms with E-state index in [1.54, 1.807) is 0 Å². The van der Waals surface area contributed by atoms with Crippen LogP contribution in [0.2, 0.25) is 0 Å².